The molecule has 1 heterocycles. The molecule has 0 fully saturated rings. The molecule has 0 atom stereocenters. The van der Waals surface area contributed by atoms with Gasteiger partial charge in [-0.15, -0.1) is 0 Å². The predicted molar refractivity (Wildman–Crippen MR) is 127 cm³/mol. The van der Waals surface area contributed by atoms with Gasteiger partial charge in [-0.3, -0.25) is 9.52 Å². The zero-order valence-corrected chi connectivity index (χ0v) is 19.4. The number of carbonyl (C=O) groups excluding carboxylic acids is 1. The number of amides is 1. The van der Waals surface area contributed by atoms with E-state index in [4.69, 9.17) is 0 Å². The van der Waals surface area contributed by atoms with Gasteiger partial charge in [0.1, 0.15) is 5.03 Å². The van der Waals surface area contributed by atoms with Crippen molar-refractivity contribution in [2.75, 3.05) is 11.3 Å². The molecule has 0 aliphatic heterocycles. The van der Waals surface area contributed by atoms with Crippen LogP contribution in [0, 0.1) is 0 Å². The normalized spacial score (nSPS) is 13.3. The number of fused-ring (bicyclic) bond motifs is 1. The molecule has 0 saturated heterocycles. The lowest BCUT2D eigenvalue weighted by Crippen LogP contribution is -2.22. The van der Waals surface area contributed by atoms with E-state index in [9.17, 15) is 13.2 Å². The Kier molecular flexibility index (Phi) is 6.81. The van der Waals surface area contributed by atoms with Gasteiger partial charge in [-0.1, -0.05) is 17.8 Å². The van der Waals surface area contributed by atoms with Crippen LogP contribution in [0.3, 0.4) is 0 Å². The first-order chi connectivity index (χ1) is 15.4. The zero-order chi connectivity index (χ0) is 22.6. The number of nitrogens with one attached hydrogen (secondary N) is 2. The minimum absolute atomic E-state index is 0.146. The number of carbonyl (C=O) groups is 1. The maximum atomic E-state index is 12.8. The predicted octanol–water partition coefficient (Wildman–Crippen LogP) is 4.66. The molecular formula is C24H25N3O3S2. The minimum atomic E-state index is -3.64. The molecule has 0 spiro atoms. The van der Waals surface area contributed by atoms with Crippen LogP contribution in [-0.4, -0.2) is 25.9 Å². The number of nitrogens with zero attached hydrogens (tertiary/aromatic N) is 1. The highest BCUT2D eigenvalue weighted by molar-refractivity contribution is 7.99. The summed E-state index contributed by atoms with van der Waals surface area (Å²) in [5.74, 6) is -0.146. The molecule has 32 heavy (non-hydrogen) atoms. The van der Waals surface area contributed by atoms with Crippen molar-refractivity contribution in [2.24, 2.45) is 0 Å². The van der Waals surface area contributed by atoms with E-state index in [1.165, 1.54) is 17.3 Å². The Bertz CT molecular complexity index is 1210. The maximum Gasteiger partial charge on any atom is 0.261 e. The Labute approximate surface area is 192 Å². The number of sulfonamides is 1. The summed E-state index contributed by atoms with van der Waals surface area (Å²) in [6.45, 7) is 2.43. The monoisotopic (exact) mass is 467 g/mol. The summed E-state index contributed by atoms with van der Waals surface area (Å²) in [6.07, 6.45) is 5.77. The number of aromatic nitrogens is 1. The van der Waals surface area contributed by atoms with Crippen molar-refractivity contribution in [3.05, 3.63) is 77.5 Å². The smallest absolute Gasteiger partial charge is 0.261 e. The largest absolute Gasteiger partial charge is 0.352 e. The number of aryl methyl sites for hydroxylation is 2. The Hall–Kier alpha value is -2.84. The highest BCUT2D eigenvalue weighted by Crippen LogP contribution is 2.29. The van der Waals surface area contributed by atoms with Crippen LogP contribution in [0.4, 0.5) is 5.69 Å². The topological polar surface area (TPSA) is 88.2 Å². The van der Waals surface area contributed by atoms with Gasteiger partial charge in [-0.2, -0.15) is 0 Å². The molecule has 8 heteroatoms. The first-order valence-electron chi connectivity index (χ1n) is 10.6. The second kappa shape index (κ2) is 9.75. The SMILES string of the molecule is CCNC(=O)c1ccc(Sc2ccc(NS(=O)(=O)c3ccc4c(c3)CCCC4)cc2)nc1. The van der Waals surface area contributed by atoms with E-state index < -0.39 is 10.0 Å². The quantitative estimate of drug-likeness (QED) is 0.528. The molecule has 2 aromatic carbocycles. The third kappa shape index (κ3) is 5.31. The van der Waals surface area contributed by atoms with E-state index in [1.807, 2.05) is 25.1 Å². The molecule has 2 N–H and O–H groups in total. The fraction of sp³-hybridized carbons (Fsp3) is 0.250. The lowest BCUT2D eigenvalue weighted by Gasteiger charge is -2.17. The molecule has 0 bridgehead atoms. The number of hydrogen-bond donors (Lipinski definition) is 2. The third-order valence-electron chi connectivity index (χ3n) is 5.30. The second-order valence-corrected chi connectivity index (χ2v) is 10.4. The highest BCUT2D eigenvalue weighted by atomic mass is 32.2. The molecule has 1 aromatic heterocycles. The molecule has 0 saturated carbocycles. The molecule has 0 unspecified atom stereocenters. The van der Waals surface area contributed by atoms with Gasteiger partial charge in [0.15, 0.2) is 0 Å². The molecule has 1 aliphatic rings. The average molecular weight is 468 g/mol. The Morgan fingerprint density at radius 2 is 1.75 bits per heavy atom. The highest BCUT2D eigenvalue weighted by Gasteiger charge is 2.18. The summed E-state index contributed by atoms with van der Waals surface area (Å²) >= 11 is 1.44. The number of benzene rings is 2. The number of hydrogen-bond acceptors (Lipinski definition) is 5. The standard InChI is InChI=1S/C24H25N3O3S2/c1-2-25-24(28)19-8-14-23(26-16-19)31-21-11-9-20(10-12-21)27-32(29,30)22-13-7-17-5-3-4-6-18(17)15-22/h7-16,27H,2-6H2,1H3,(H,25,28). The van der Waals surface area contributed by atoms with Crippen molar-refractivity contribution in [1.82, 2.24) is 10.3 Å². The third-order valence-corrected chi connectivity index (χ3v) is 7.63. The number of anilines is 1. The van der Waals surface area contributed by atoms with Crippen LogP contribution >= 0.6 is 11.8 Å². The van der Waals surface area contributed by atoms with Crippen LogP contribution in [0.25, 0.3) is 0 Å². The van der Waals surface area contributed by atoms with Crippen LogP contribution in [0.5, 0.6) is 0 Å². The zero-order valence-electron chi connectivity index (χ0n) is 17.8. The average Bonchev–Trinajstić information content (AvgIpc) is 2.80. The van der Waals surface area contributed by atoms with Gasteiger partial charge in [-0.05, 0) is 92.3 Å². The first kappa shape index (κ1) is 22.4. The van der Waals surface area contributed by atoms with E-state index in [0.29, 0.717) is 22.7 Å². The molecule has 1 aliphatic carbocycles. The summed E-state index contributed by atoms with van der Waals surface area (Å²) in [5.41, 5.74) is 3.41. The van der Waals surface area contributed by atoms with Crippen molar-refractivity contribution in [2.45, 2.75) is 47.4 Å². The Morgan fingerprint density at radius 3 is 2.44 bits per heavy atom. The van der Waals surface area contributed by atoms with Crippen LogP contribution in [0.2, 0.25) is 0 Å². The van der Waals surface area contributed by atoms with Crippen molar-refractivity contribution in [3.63, 3.8) is 0 Å². The van der Waals surface area contributed by atoms with E-state index in [-0.39, 0.29) is 5.91 Å². The Balaban J connectivity index is 1.42. The summed E-state index contributed by atoms with van der Waals surface area (Å²) in [4.78, 5) is 17.4. The lowest BCUT2D eigenvalue weighted by molar-refractivity contribution is 0.0955. The van der Waals surface area contributed by atoms with E-state index in [1.54, 1.807) is 42.6 Å². The fourth-order valence-corrected chi connectivity index (χ4v) is 5.50. The lowest BCUT2D eigenvalue weighted by atomic mass is 9.92. The molecule has 3 aromatic rings. The first-order valence-corrected chi connectivity index (χ1v) is 12.9. The molecule has 166 valence electrons. The van der Waals surface area contributed by atoms with Crippen molar-refractivity contribution in [3.8, 4) is 0 Å². The minimum Gasteiger partial charge on any atom is -0.352 e. The van der Waals surface area contributed by atoms with E-state index >= 15 is 0 Å². The molecule has 4 rings (SSSR count). The van der Waals surface area contributed by atoms with Crippen LogP contribution < -0.4 is 10.0 Å². The van der Waals surface area contributed by atoms with Crippen molar-refractivity contribution >= 4 is 33.4 Å². The van der Waals surface area contributed by atoms with Crippen LogP contribution in [0.1, 0.15) is 41.3 Å². The number of rotatable bonds is 7. The van der Waals surface area contributed by atoms with Crippen molar-refractivity contribution < 1.29 is 13.2 Å². The maximum absolute atomic E-state index is 12.8. The molecule has 6 nitrogen and oxygen atoms in total. The van der Waals surface area contributed by atoms with Crippen molar-refractivity contribution in [1.29, 1.82) is 0 Å². The van der Waals surface area contributed by atoms with Gasteiger partial charge >= 0.3 is 0 Å². The van der Waals surface area contributed by atoms with Gasteiger partial charge in [0.2, 0.25) is 0 Å². The summed E-state index contributed by atoms with van der Waals surface area (Å²) in [6, 6.07) is 16.1. The summed E-state index contributed by atoms with van der Waals surface area (Å²) in [7, 11) is -3.64. The molecule has 1 amide bonds. The van der Waals surface area contributed by atoms with Gasteiger partial charge in [-0.25, -0.2) is 13.4 Å². The van der Waals surface area contributed by atoms with Gasteiger partial charge in [0.25, 0.3) is 15.9 Å². The summed E-state index contributed by atoms with van der Waals surface area (Å²) < 4.78 is 28.3. The Morgan fingerprint density at radius 1 is 1.00 bits per heavy atom. The van der Waals surface area contributed by atoms with Gasteiger partial charge < -0.3 is 5.32 Å². The number of pyridine rings is 1. The molecular weight excluding hydrogens is 442 g/mol. The van der Waals surface area contributed by atoms with Gasteiger partial charge in [0, 0.05) is 23.3 Å². The second-order valence-electron chi connectivity index (χ2n) is 7.61. The van der Waals surface area contributed by atoms with Gasteiger partial charge in [0.05, 0.1) is 10.5 Å². The van der Waals surface area contributed by atoms with Crippen LogP contribution in [-0.2, 0) is 22.9 Å². The molecule has 0 radical (unpaired) electrons. The van der Waals surface area contributed by atoms with Crippen LogP contribution in [0.15, 0.2) is 75.6 Å². The summed E-state index contributed by atoms with van der Waals surface area (Å²) in [5, 5.41) is 3.49. The fourth-order valence-electron chi connectivity index (χ4n) is 3.64. The van der Waals surface area contributed by atoms with E-state index in [2.05, 4.69) is 15.0 Å². The van der Waals surface area contributed by atoms with E-state index in [0.717, 1.165) is 41.2 Å².